The number of nitrogens with two attached hydrogens (primary N) is 1. The summed E-state index contributed by atoms with van der Waals surface area (Å²) in [7, 11) is 0. The molecular formula is C10H16ClNO. The van der Waals surface area contributed by atoms with Crippen molar-refractivity contribution in [1.29, 1.82) is 0 Å². The maximum Gasteiger partial charge on any atom is 0.0611 e. The number of benzene rings is 1. The molecule has 0 saturated heterocycles. The minimum Gasteiger partial charge on any atom is -0.394 e. The highest BCUT2D eigenvalue weighted by Gasteiger charge is 2.16. The highest BCUT2D eigenvalue weighted by molar-refractivity contribution is 5.85. The molecular weight excluding hydrogens is 186 g/mol. The van der Waals surface area contributed by atoms with Crippen LogP contribution in [0, 0.1) is 0 Å². The fraction of sp³-hybridized carbons (Fsp3) is 0.400. The molecule has 0 aliphatic rings. The molecule has 13 heavy (non-hydrogen) atoms. The zero-order valence-corrected chi connectivity index (χ0v) is 8.55. The monoisotopic (exact) mass is 201 g/mol. The van der Waals surface area contributed by atoms with Gasteiger partial charge in [-0.2, -0.15) is 0 Å². The highest BCUT2D eigenvalue weighted by Crippen LogP contribution is 2.09. The first-order valence-electron chi connectivity index (χ1n) is 4.08. The van der Waals surface area contributed by atoms with Gasteiger partial charge >= 0.3 is 0 Å². The van der Waals surface area contributed by atoms with Crippen molar-refractivity contribution in [2.24, 2.45) is 5.73 Å². The Morgan fingerprint density at radius 3 is 2.31 bits per heavy atom. The molecule has 0 spiro atoms. The third-order valence-electron chi connectivity index (χ3n) is 1.81. The summed E-state index contributed by atoms with van der Waals surface area (Å²) >= 11 is 0. The van der Waals surface area contributed by atoms with Crippen molar-refractivity contribution in [3.63, 3.8) is 0 Å². The minimum absolute atomic E-state index is 0. The van der Waals surface area contributed by atoms with Crippen LogP contribution >= 0.6 is 12.4 Å². The number of hydrogen-bond acceptors (Lipinski definition) is 2. The Morgan fingerprint density at radius 1 is 1.31 bits per heavy atom. The lowest BCUT2D eigenvalue weighted by atomic mass is 9.95. The number of hydrogen-bond donors (Lipinski definition) is 2. The van der Waals surface area contributed by atoms with E-state index in [0.717, 1.165) is 5.56 Å². The van der Waals surface area contributed by atoms with Crippen molar-refractivity contribution in [2.75, 3.05) is 6.61 Å². The summed E-state index contributed by atoms with van der Waals surface area (Å²) in [5.41, 5.74) is 6.46. The maximum absolute atomic E-state index is 8.93. The van der Waals surface area contributed by atoms with E-state index in [1.807, 2.05) is 37.3 Å². The average molecular weight is 202 g/mol. The van der Waals surface area contributed by atoms with E-state index < -0.39 is 5.54 Å². The molecule has 0 fully saturated rings. The van der Waals surface area contributed by atoms with Crippen LogP contribution in [0.15, 0.2) is 30.3 Å². The van der Waals surface area contributed by atoms with Gasteiger partial charge < -0.3 is 10.8 Å². The van der Waals surface area contributed by atoms with E-state index in [1.54, 1.807) is 0 Å². The molecule has 3 heteroatoms. The fourth-order valence-corrected chi connectivity index (χ4v) is 1.12. The lowest BCUT2D eigenvalue weighted by Gasteiger charge is -2.21. The van der Waals surface area contributed by atoms with Crippen molar-refractivity contribution in [2.45, 2.75) is 18.9 Å². The van der Waals surface area contributed by atoms with Crippen LogP contribution in [0.25, 0.3) is 0 Å². The summed E-state index contributed by atoms with van der Waals surface area (Å²) in [5.74, 6) is 0. The molecule has 1 unspecified atom stereocenters. The van der Waals surface area contributed by atoms with Gasteiger partial charge in [-0.1, -0.05) is 30.3 Å². The van der Waals surface area contributed by atoms with Gasteiger partial charge in [0.15, 0.2) is 0 Å². The Labute approximate surface area is 85.2 Å². The zero-order chi connectivity index (χ0) is 9.03. The first-order valence-corrected chi connectivity index (χ1v) is 4.08. The van der Waals surface area contributed by atoms with Gasteiger partial charge in [0.2, 0.25) is 0 Å². The van der Waals surface area contributed by atoms with Gasteiger partial charge in [-0.05, 0) is 18.9 Å². The highest BCUT2D eigenvalue weighted by atomic mass is 35.5. The van der Waals surface area contributed by atoms with E-state index in [0.29, 0.717) is 6.42 Å². The normalized spacial score (nSPS) is 14.4. The number of aliphatic hydroxyl groups is 1. The first-order chi connectivity index (χ1) is 5.64. The second-order valence-electron chi connectivity index (χ2n) is 3.47. The molecule has 0 radical (unpaired) electrons. The molecule has 1 rings (SSSR count). The Balaban J connectivity index is 0.00000144. The fourth-order valence-electron chi connectivity index (χ4n) is 1.12. The van der Waals surface area contributed by atoms with Crippen molar-refractivity contribution in [3.05, 3.63) is 35.9 Å². The summed E-state index contributed by atoms with van der Waals surface area (Å²) in [5, 5.41) is 8.93. The van der Waals surface area contributed by atoms with Crippen molar-refractivity contribution in [3.8, 4) is 0 Å². The van der Waals surface area contributed by atoms with Crippen LogP contribution in [-0.4, -0.2) is 17.3 Å². The Kier molecular flexibility index (Phi) is 4.99. The minimum atomic E-state index is -0.499. The van der Waals surface area contributed by atoms with Gasteiger partial charge in [-0.25, -0.2) is 0 Å². The summed E-state index contributed by atoms with van der Waals surface area (Å²) in [4.78, 5) is 0. The van der Waals surface area contributed by atoms with Crippen LogP contribution in [0.5, 0.6) is 0 Å². The number of rotatable bonds is 3. The van der Waals surface area contributed by atoms with Crippen LogP contribution in [-0.2, 0) is 6.42 Å². The molecule has 3 N–H and O–H groups in total. The quantitative estimate of drug-likeness (QED) is 0.776. The van der Waals surface area contributed by atoms with E-state index in [1.165, 1.54) is 0 Å². The molecule has 0 aliphatic carbocycles. The standard InChI is InChI=1S/C10H15NO.ClH/c1-10(11,8-12)7-9-5-3-2-4-6-9;/h2-6,12H,7-8,11H2,1H3;1H. The summed E-state index contributed by atoms with van der Waals surface area (Å²) < 4.78 is 0. The number of halogens is 1. The van der Waals surface area contributed by atoms with Gasteiger partial charge in [0.1, 0.15) is 0 Å². The summed E-state index contributed by atoms with van der Waals surface area (Å²) in [6.07, 6.45) is 0.713. The van der Waals surface area contributed by atoms with Crippen LogP contribution in [0.2, 0.25) is 0 Å². The predicted molar refractivity (Wildman–Crippen MR) is 57.1 cm³/mol. The number of aliphatic hydroxyl groups excluding tert-OH is 1. The molecule has 0 aliphatic heterocycles. The first kappa shape index (κ1) is 12.4. The SMILES string of the molecule is CC(N)(CO)Cc1ccccc1.Cl. The topological polar surface area (TPSA) is 46.2 Å². The summed E-state index contributed by atoms with van der Waals surface area (Å²) in [6, 6.07) is 9.95. The van der Waals surface area contributed by atoms with Crippen LogP contribution in [0.3, 0.4) is 0 Å². The smallest absolute Gasteiger partial charge is 0.0611 e. The van der Waals surface area contributed by atoms with Crippen molar-refractivity contribution in [1.82, 2.24) is 0 Å². The van der Waals surface area contributed by atoms with E-state index in [2.05, 4.69) is 0 Å². The molecule has 1 aromatic rings. The van der Waals surface area contributed by atoms with Gasteiger partial charge in [0.05, 0.1) is 6.61 Å². The molecule has 2 nitrogen and oxygen atoms in total. The van der Waals surface area contributed by atoms with E-state index in [4.69, 9.17) is 10.8 Å². The van der Waals surface area contributed by atoms with Crippen LogP contribution in [0.1, 0.15) is 12.5 Å². The van der Waals surface area contributed by atoms with Gasteiger partial charge in [0.25, 0.3) is 0 Å². The lowest BCUT2D eigenvalue weighted by molar-refractivity contribution is 0.208. The molecule has 0 bridgehead atoms. The Hall–Kier alpha value is -0.570. The van der Waals surface area contributed by atoms with E-state index in [-0.39, 0.29) is 19.0 Å². The van der Waals surface area contributed by atoms with Gasteiger partial charge in [0, 0.05) is 5.54 Å². The predicted octanol–water partition coefficient (Wildman–Crippen LogP) is 1.36. The van der Waals surface area contributed by atoms with Crippen LogP contribution < -0.4 is 5.73 Å². The molecule has 1 atom stereocenters. The average Bonchev–Trinajstić information content (AvgIpc) is 2.06. The molecule has 0 amide bonds. The summed E-state index contributed by atoms with van der Waals surface area (Å²) in [6.45, 7) is 1.86. The third-order valence-corrected chi connectivity index (χ3v) is 1.81. The largest absolute Gasteiger partial charge is 0.394 e. The van der Waals surface area contributed by atoms with Crippen molar-refractivity contribution >= 4 is 12.4 Å². The third kappa shape index (κ3) is 4.27. The zero-order valence-electron chi connectivity index (χ0n) is 7.73. The molecule has 0 heterocycles. The Bertz CT molecular complexity index is 236. The lowest BCUT2D eigenvalue weighted by Crippen LogP contribution is -2.42. The van der Waals surface area contributed by atoms with Gasteiger partial charge in [-0.15, -0.1) is 12.4 Å². The maximum atomic E-state index is 8.93. The molecule has 0 saturated carbocycles. The molecule has 74 valence electrons. The molecule has 1 aromatic carbocycles. The van der Waals surface area contributed by atoms with Crippen LogP contribution in [0.4, 0.5) is 0 Å². The second-order valence-corrected chi connectivity index (χ2v) is 3.47. The second kappa shape index (κ2) is 5.22. The van der Waals surface area contributed by atoms with E-state index in [9.17, 15) is 0 Å². The van der Waals surface area contributed by atoms with Crippen molar-refractivity contribution < 1.29 is 5.11 Å². The Morgan fingerprint density at radius 2 is 1.85 bits per heavy atom. The van der Waals surface area contributed by atoms with E-state index >= 15 is 0 Å². The molecule has 0 aromatic heterocycles. The van der Waals surface area contributed by atoms with Gasteiger partial charge in [-0.3, -0.25) is 0 Å².